The first-order valence-corrected chi connectivity index (χ1v) is 11.1. The molecule has 0 radical (unpaired) electrons. The monoisotopic (exact) mass is 487 g/mol. The molecule has 0 saturated carbocycles. The van der Waals surface area contributed by atoms with Crippen molar-refractivity contribution in [1.29, 1.82) is 0 Å². The number of anilines is 2. The first-order chi connectivity index (χ1) is 15.4. The third-order valence-corrected chi connectivity index (χ3v) is 6.23. The van der Waals surface area contributed by atoms with Crippen LogP contribution in [0.3, 0.4) is 0 Å². The van der Waals surface area contributed by atoms with Crippen LogP contribution in [-0.2, 0) is 10.3 Å². The highest BCUT2D eigenvalue weighted by atomic mass is 35.5. The normalized spacial score (nSPS) is 14.8. The van der Waals surface area contributed by atoms with Crippen LogP contribution in [0, 0.1) is 5.82 Å². The fraction of sp³-hybridized carbons (Fsp3) is 0.250. The number of benzene rings is 2. The van der Waals surface area contributed by atoms with E-state index in [2.05, 4.69) is 5.32 Å². The molecule has 0 saturated heterocycles. The van der Waals surface area contributed by atoms with Crippen LogP contribution in [-0.4, -0.2) is 25.9 Å². The minimum Gasteiger partial charge on any atom is -0.339 e. The number of aromatic nitrogens is 2. The van der Waals surface area contributed by atoms with Crippen molar-refractivity contribution in [2.75, 3.05) is 5.32 Å². The van der Waals surface area contributed by atoms with Gasteiger partial charge in [-0.25, -0.2) is 9.37 Å². The fourth-order valence-electron chi connectivity index (χ4n) is 3.71. The van der Waals surface area contributed by atoms with Gasteiger partial charge in [-0.05, 0) is 70.2 Å². The number of halogens is 3. The van der Waals surface area contributed by atoms with E-state index in [4.69, 9.17) is 33.9 Å². The van der Waals surface area contributed by atoms with Gasteiger partial charge >= 0.3 is 0 Å². The van der Waals surface area contributed by atoms with Gasteiger partial charge in [-0.15, -0.1) is 0 Å². The van der Waals surface area contributed by atoms with Crippen LogP contribution >= 0.6 is 23.2 Å². The lowest BCUT2D eigenvalue weighted by atomic mass is 9.96. The van der Waals surface area contributed by atoms with Crippen LogP contribution in [0.4, 0.5) is 15.9 Å². The van der Waals surface area contributed by atoms with E-state index in [0.29, 0.717) is 38.6 Å². The average Bonchev–Trinajstić information content (AvgIpc) is 3.10. The molecular formula is C24H24Cl2FN5O. The summed E-state index contributed by atoms with van der Waals surface area (Å²) in [6, 6.07) is 11.3. The number of hydrogen-bond acceptors (Lipinski definition) is 4. The van der Waals surface area contributed by atoms with Crippen molar-refractivity contribution in [1.82, 2.24) is 14.5 Å². The van der Waals surface area contributed by atoms with Crippen LogP contribution in [0.1, 0.15) is 33.5 Å². The van der Waals surface area contributed by atoms with Crippen LogP contribution in [0.5, 0.6) is 0 Å². The van der Waals surface area contributed by atoms with E-state index in [0.717, 1.165) is 0 Å². The Morgan fingerprint density at radius 1 is 1.09 bits per heavy atom. The number of carbonyl (C=O) groups excluding carboxylic acids is 1. The highest BCUT2D eigenvalue weighted by Crippen LogP contribution is 2.40. The number of nitrogens with one attached hydrogen (secondary N) is 1. The molecule has 1 aliphatic rings. The van der Waals surface area contributed by atoms with Crippen molar-refractivity contribution in [2.45, 2.75) is 38.8 Å². The Morgan fingerprint density at radius 2 is 1.76 bits per heavy atom. The number of nitrogens with zero attached hydrogens (tertiary/aromatic N) is 3. The second kappa shape index (κ2) is 8.17. The molecule has 0 aliphatic carbocycles. The van der Waals surface area contributed by atoms with E-state index >= 15 is 0 Å². The van der Waals surface area contributed by atoms with E-state index in [1.54, 1.807) is 61.5 Å². The quantitative estimate of drug-likeness (QED) is 0.474. The van der Waals surface area contributed by atoms with Gasteiger partial charge in [0, 0.05) is 23.7 Å². The van der Waals surface area contributed by atoms with Gasteiger partial charge in [-0.3, -0.25) is 9.36 Å². The second-order valence-corrected chi connectivity index (χ2v) is 9.83. The maximum absolute atomic E-state index is 13.6. The van der Waals surface area contributed by atoms with Gasteiger partial charge in [0.05, 0.1) is 15.6 Å². The van der Waals surface area contributed by atoms with Crippen molar-refractivity contribution in [3.63, 3.8) is 0 Å². The summed E-state index contributed by atoms with van der Waals surface area (Å²) in [6.07, 6.45) is 3.45. The average molecular weight is 488 g/mol. The first-order valence-electron chi connectivity index (χ1n) is 10.3. The molecule has 2 aromatic carbocycles. The molecule has 172 valence electrons. The van der Waals surface area contributed by atoms with Gasteiger partial charge in [0.1, 0.15) is 28.7 Å². The second-order valence-electron chi connectivity index (χ2n) is 9.02. The largest absolute Gasteiger partial charge is 0.339 e. The van der Waals surface area contributed by atoms with Crippen molar-refractivity contribution < 1.29 is 9.18 Å². The zero-order chi connectivity index (χ0) is 24.1. The SMILES string of the molecule is CC(C)(N)C(=O)N1C=Cn2c(nc(-c3ccc(F)cc3)c2Nc2ccc(Cl)c(Cl)c2)C1(C)C. The predicted molar refractivity (Wildman–Crippen MR) is 131 cm³/mol. The molecule has 0 spiro atoms. The molecule has 3 aromatic rings. The summed E-state index contributed by atoms with van der Waals surface area (Å²) >= 11 is 12.3. The Balaban J connectivity index is 1.88. The lowest BCUT2D eigenvalue weighted by molar-refractivity contribution is -0.138. The van der Waals surface area contributed by atoms with Crippen molar-refractivity contribution in [3.05, 3.63) is 70.4 Å². The summed E-state index contributed by atoms with van der Waals surface area (Å²) in [5.74, 6) is 0.673. The molecule has 4 rings (SSSR count). The summed E-state index contributed by atoms with van der Waals surface area (Å²) in [7, 11) is 0. The number of rotatable bonds is 4. The molecule has 0 atom stereocenters. The topological polar surface area (TPSA) is 76.2 Å². The van der Waals surface area contributed by atoms with E-state index in [9.17, 15) is 9.18 Å². The number of amides is 1. The number of fused-ring (bicyclic) bond motifs is 1. The predicted octanol–water partition coefficient (Wildman–Crippen LogP) is 5.98. The van der Waals surface area contributed by atoms with E-state index in [1.807, 2.05) is 18.4 Å². The molecule has 33 heavy (non-hydrogen) atoms. The molecule has 0 fully saturated rings. The van der Waals surface area contributed by atoms with Crippen LogP contribution in [0.2, 0.25) is 10.0 Å². The van der Waals surface area contributed by atoms with Crippen LogP contribution in [0.15, 0.2) is 48.7 Å². The third kappa shape index (κ3) is 4.24. The summed E-state index contributed by atoms with van der Waals surface area (Å²) < 4.78 is 15.5. The molecule has 3 N–H and O–H groups in total. The Kier molecular flexibility index (Phi) is 5.76. The zero-order valence-electron chi connectivity index (χ0n) is 18.7. The number of imidazole rings is 1. The van der Waals surface area contributed by atoms with E-state index in [1.165, 1.54) is 12.1 Å². The Bertz CT molecular complexity index is 1260. The highest BCUT2D eigenvalue weighted by Gasteiger charge is 2.42. The van der Waals surface area contributed by atoms with Gasteiger partial charge in [0.15, 0.2) is 0 Å². The highest BCUT2D eigenvalue weighted by molar-refractivity contribution is 6.42. The fourth-order valence-corrected chi connectivity index (χ4v) is 4.01. The van der Waals surface area contributed by atoms with Gasteiger partial charge in [0.2, 0.25) is 5.91 Å². The van der Waals surface area contributed by atoms with Gasteiger partial charge in [-0.1, -0.05) is 23.2 Å². The van der Waals surface area contributed by atoms with Gasteiger partial charge in [-0.2, -0.15) is 0 Å². The smallest absolute Gasteiger partial charge is 0.246 e. The van der Waals surface area contributed by atoms with Crippen molar-refractivity contribution >= 4 is 46.8 Å². The molecule has 9 heteroatoms. The maximum Gasteiger partial charge on any atom is 0.246 e. The molecule has 0 bridgehead atoms. The molecule has 0 unspecified atom stereocenters. The molecule has 6 nitrogen and oxygen atoms in total. The molecular weight excluding hydrogens is 464 g/mol. The standard InChI is InChI=1S/C24H24Cl2FN5O/c1-23(2,28)22(33)32-12-11-31-20(29-16-9-10-17(25)18(26)13-16)19(30-21(31)24(32,3)4)14-5-7-15(27)8-6-14/h5-13,29H,28H2,1-4H3. The zero-order valence-corrected chi connectivity index (χ0v) is 20.2. The minimum absolute atomic E-state index is 0.236. The molecule has 1 amide bonds. The summed E-state index contributed by atoms with van der Waals surface area (Å²) in [5.41, 5.74) is 6.23. The summed E-state index contributed by atoms with van der Waals surface area (Å²) in [6.45, 7) is 7.13. The number of carbonyl (C=O) groups is 1. The third-order valence-electron chi connectivity index (χ3n) is 5.50. The first kappa shape index (κ1) is 23.3. The van der Waals surface area contributed by atoms with Gasteiger partial charge < -0.3 is 16.0 Å². The van der Waals surface area contributed by atoms with Crippen LogP contribution in [0.25, 0.3) is 17.5 Å². The van der Waals surface area contributed by atoms with Gasteiger partial charge in [0.25, 0.3) is 0 Å². The molecule has 2 heterocycles. The van der Waals surface area contributed by atoms with Crippen LogP contribution < -0.4 is 11.1 Å². The maximum atomic E-state index is 13.6. The van der Waals surface area contributed by atoms with E-state index < -0.39 is 11.1 Å². The van der Waals surface area contributed by atoms with Crippen molar-refractivity contribution in [2.24, 2.45) is 5.73 Å². The molecule has 1 aliphatic heterocycles. The molecule has 1 aromatic heterocycles. The summed E-state index contributed by atoms with van der Waals surface area (Å²) in [5, 5.41) is 4.20. The Labute approximate surface area is 201 Å². The lowest BCUT2D eigenvalue weighted by Gasteiger charge is -2.41. The number of nitrogens with two attached hydrogens (primary N) is 1. The lowest BCUT2D eigenvalue weighted by Crippen LogP contribution is -2.56. The Hall–Kier alpha value is -2.87. The Morgan fingerprint density at radius 3 is 2.36 bits per heavy atom. The minimum atomic E-state index is -1.06. The number of hydrogen-bond donors (Lipinski definition) is 2. The summed E-state index contributed by atoms with van der Waals surface area (Å²) in [4.78, 5) is 19.5. The van der Waals surface area contributed by atoms with E-state index in [-0.39, 0.29) is 11.7 Å². The van der Waals surface area contributed by atoms with Crippen molar-refractivity contribution in [3.8, 4) is 11.3 Å².